The number of hydrogen-bond donors (Lipinski definition) is 0. The van der Waals surface area contributed by atoms with Gasteiger partial charge < -0.3 is 9.47 Å². The molecule has 0 aliphatic heterocycles. The van der Waals surface area contributed by atoms with Gasteiger partial charge in [-0.15, -0.1) is 0 Å². The number of pyridine rings is 1. The minimum absolute atomic E-state index is 0.389. The van der Waals surface area contributed by atoms with Crippen LogP contribution in [0.25, 0.3) is 0 Å². The standard InChI is InChI=1S/C17H19BrN2O3S/c1-17(2,3)24(21)20-10-12-5-6-14(11-19-12)23-16-8-7-13(22-4)9-15(16)18/h5-11H,1-4H3. The zero-order chi connectivity index (χ0) is 17.7. The average molecular weight is 411 g/mol. The van der Waals surface area contributed by atoms with Gasteiger partial charge in [0.25, 0.3) is 0 Å². The van der Waals surface area contributed by atoms with E-state index in [9.17, 15) is 4.21 Å². The Morgan fingerprint density at radius 3 is 2.46 bits per heavy atom. The average Bonchev–Trinajstić information content (AvgIpc) is 2.54. The molecule has 5 nitrogen and oxygen atoms in total. The van der Waals surface area contributed by atoms with Crippen molar-refractivity contribution < 1.29 is 13.7 Å². The molecule has 0 saturated heterocycles. The van der Waals surface area contributed by atoms with Crippen LogP contribution >= 0.6 is 15.9 Å². The summed E-state index contributed by atoms with van der Waals surface area (Å²) in [5, 5.41) is 0. The van der Waals surface area contributed by atoms with Crippen LogP contribution < -0.4 is 9.47 Å². The van der Waals surface area contributed by atoms with E-state index < -0.39 is 11.0 Å². The summed E-state index contributed by atoms with van der Waals surface area (Å²) >= 11 is 3.44. The predicted molar refractivity (Wildman–Crippen MR) is 100 cm³/mol. The number of nitrogens with zero attached hydrogens (tertiary/aromatic N) is 2. The smallest absolute Gasteiger partial charge is 0.145 e. The molecule has 0 bridgehead atoms. The van der Waals surface area contributed by atoms with Crippen molar-refractivity contribution in [3.63, 3.8) is 0 Å². The summed E-state index contributed by atoms with van der Waals surface area (Å²) in [7, 11) is 0.309. The number of rotatable bonds is 5. The van der Waals surface area contributed by atoms with E-state index in [0.29, 0.717) is 17.2 Å². The molecule has 2 rings (SSSR count). The number of aromatic nitrogens is 1. The van der Waals surface area contributed by atoms with Crippen molar-refractivity contribution in [1.29, 1.82) is 0 Å². The fourth-order valence-corrected chi connectivity index (χ4v) is 2.57. The lowest BCUT2D eigenvalue weighted by molar-refractivity contribution is 0.412. The van der Waals surface area contributed by atoms with Gasteiger partial charge in [0.1, 0.15) is 28.2 Å². The van der Waals surface area contributed by atoms with Gasteiger partial charge in [-0.05, 0) is 67.0 Å². The Labute approximate surface area is 152 Å². The summed E-state index contributed by atoms with van der Waals surface area (Å²) in [4.78, 5) is 4.24. The molecule has 1 unspecified atom stereocenters. The number of ether oxygens (including phenoxy) is 2. The van der Waals surface area contributed by atoms with Crippen molar-refractivity contribution in [2.24, 2.45) is 4.40 Å². The van der Waals surface area contributed by atoms with Gasteiger partial charge in [-0.3, -0.25) is 4.98 Å². The Morgan fingerprint density at radius 2 is 1.92 bits per heavy atom. The van der Waals surface area contributed by atoms with Crippen molar-refractivity contribution in [2.45, 2.75) is 25.5 Å². The van der Waals surface area contributed by atoms with Crippen LogP contribution in [0.5, 0.6) is 17.2 Å². The van der Waals surface area contributed by atoms with Crippen LogP contribution in [0.3, 0.4) is 0 Å². The van der Waals surface area contributed by atoms with Crippen LogP contribution in [0.2, 0.25) is 0 Å². The van der Waals surface area contributed by atoms with Gasteiger partial charge in [0.2, 0.25) is 0 Å². The monoisotopic (exact) mass is 410 g/mol. The molecule has 128 valence electrons. The Kier molecular flexibility index (Phi) is 6.12. The molecule has 0 aliphatic carbocycles. The molecule has 1 atom stereocenters. The quantitative estimate of drug-likeness (QED) is 0.679. The zero-order valence-electron chi connectivity index (χ0n) is 13.9. The van der Waals surface area contributed by atoms with Crippen LogP contribution in [-0.4, -0.2) is 27.3 Å². The van der Waals surface area contributed by atoms with E-state index in [1.165, 1.54) is 6.21 Å². The first kappa shape index (κ1) is 18.6. The van der Waals surface area contributed by atoms with Gasteiger partial charge in [-0.2, -0.15) is 4.40 Å². The maximum atomic E-state index is 11.9. The molecule has 0 amide bonds. The molecular formula is C17H19BrN2O3S. The molecule has 0 N–H and O–H groups in total. The molecule has 0 spiro atoms. The third-order valence-electron chi connectivity index (χ3n) is 2.93. The summed E-state index contributed by atoms with van der Waals surface area (Å²) in [5.74, 6) is 1.99. The van der Waals surface area contributed by atoms with Crippen molar-refractivity contribution in [1.82, 2.24) is 4.98 Å². The second-order valence-electron chi connectivity index (χ2n) is 5.91. The lowest BCUT2D eigenvalue weighted by Crippen LogP contribution is -2.19. The van der Waals surface area contributed by atoms with E-state index in [4.69, 9.17) is 9.47 Å². The molecule has 7 heteroatoms. The van der Waals surface area contributed by atoms with Gasteiger partial charge >= 0.3 is 0 Å². The minimum atomic E-state index is -1.30. The molecule has 0 saturated carbocycles. The number of methoxy groups -OCH3 is 1. The lowest BCUT2D eigenvalue weighted by atomic mass is 10.3. The molecular weight excluding hydrogens is 392 g/mol. The first-order chi connectivity index (χ1) is 11.3. The Balaban J connectivity index is 2.07. The molecule has 0 radical (unpaired) electrons. The van der Waals surface area contributed by atoms with Gasteiger partial charge in [-0.25, -0.2) is 4.21 Å². The fourth-order valence-electron chi connectivity index (χ4n) is 1.61. The van der Waals surface area contributed by atoms with E-state index in [1.54, 1.807) is 25.4 Å². The zero-order valence-corrected chi connectivity index (χ0v) is 16.3. The summed E-state index contributed by atoms with van der Waals surface area (Å²) in [6.07, 6.45) is 3.10. The highest BCUT2D eigenvalue weighted by atomic mass is 79.9. The van der Waals surface area contributed by atoms with E-state index in [-0.39, 0.29) is 4.75 Å². The number of benzene rings is 1. The lowest BCUT2D eigenvalue weighted by Gasteiger charge is -2.12. The van der Waals surface area contributed by atoms with Gasteiger partial charge in [0.15, 0.2) is 0 Å². The molecule has 2 aromatic rings. The third-order valence-corrected chi connectivity index (χ3v) is 4.89. The van der Waals surface area contributed by atoms with E-state index in [1.807, 2.05) is 39.0 Å². The first-order valence-electron chi connectivity index (χ1n) is 7.23. The Hall–Kier alpha value is -1.73. The highest BCUT2D eigenvalue weighted by molar-refractivity contribution is 9.10. The Morgan fingerprint density at radius 1 is 1.21 bits per heavy atom. The van der Waals surface area contributed by atoms with Gasteiger partial charge in [0.05, 0.1) is 34.4 Å². The molecule has 0 aliphatic rings. The van der Waals surface area contributed by atoms with E-state index in [0.717, 1.165) is 10.2 Å². The number of hydrogen-bond acceptors (Lipinski definition) is 4. The van der Waals surface area contributed by atoms with Crippen molar-refractivity contribution in [2.75, 3.05) is 7.11 Å². The van der Waals surface area contributed by atoms with Gasteiger partial charge in [-0.1, -0.05) is 0 Å². The fraction of sp³-hybridized carbons (Fsp3) is 0.294. The highest BCUT2D eigenvalue weighted by Gasteiger charge is 2.18. The normalized spacial score (nSPS) is 13.0. The second-order valence-corrected chi connectivity index (χ2v) is 8.70. The largest absolute Gasteiger partial charge is 0.497 e. The molecule has 1 heterocycles. The van der Waals surface area contributed by atoms with Crippen molar-refractivity contribution >= 4 is 33.1 Å². The SMILES string of the molecule is COc1ccc(Oc2ccc(C=NS(=O)C(C)(C)C)nc2)c(Br)c1. The van der Waals surface area contributed by atoms with Crippen LogP contribution in [0.4, 0.5) is 0 Å². The minimum Gasteiger partial charge on any atom is -0.497 e. The van der Waals surface area contributed by atoms with Crippen molar-refractivity contribution in [3.8, 4) is 17.2 Å². The van der Waals surface area contributed by atoms with E-state index >= 15 is 0 Å². The summed E-state index contributed by atoms with van der Waals surface area (Å²) < 4.78 is 27.2. The van der Waals surface area contributed by atoms with Crippen molar-refractivity contribution in [3.05, 3.63) is 46.7 Å². The van der Waals surface area contributed by atoms with Crippen LogP contribution in [0, 0.1) is 0 Å². The van der Waals surface area contributed by atoms with Gasteiger partial charge in [0, 0.05) is 0 Å². The van der Waals surface area contributed by atoms with Crippen LogP contribution in [-0.2, 0) is 11.0 Å². The Bertz CT molecular complexity index is 755. The molecule has 24 heavy (non-hydrogen) atoms. The topological polar surface area (TPSA) is 60.8 Å². The third kappa shape index (κ3) is 5.14. The summed E-state index contributed by atoms with van der Waals surface area (Å²) in [6, 6.07) is 8.99. The summed E-state index contributed by atoms with van der Waals surface area (Å²) in [6.45, 7) is 5.62. The molecule has 0 fully saturated rings. The maximum absolute atomic E-state index is 11.9. The summed E-state index contributed by atoms with van der Waals surface area (Å²) in [5.41, 5.74) is 0.619. The van der Waals surface area contributed by atoms with Crippen LogP contribution in [0.1, 0.15) is 26.5 Å². The molecule has 1 aromatic carbocycles. The first-order valence-corrected chi connectivity index (χ1v) is 9.13. The predicted octanol–water partition coefficient (Wildman–Crippen LogP) is 4.53. The highest BCUT2D eigenvalue weighted by Crippen LogP contribution is 2.32. The molecule has 1 aromatic heterocycles. The van der Waals surface area contributed by atoms with E-state index in [2.05, 4.69) is 25.3 Å². The number of halogens is 1. The maximum Gasteiger partial charge on any atom is 0.145 e. The second kappa shape index (κ2) is 7.90. The van der Waals surface area contributed by atoms with Crippen LogP contribution in [0.15, 0.2) is 45.4 Å².